The molecule has 0 spiro atoms. The second-order valence-electron chi connectivity index (χ2n) is 6.69. The van der Waals surface area contributed by atoms with Gasteiger partial charge >= 0.3 is 5.97 Å². The van der Waals surface area contributed by atoms with E-state index in [1.807, 2.05) is 6.07 Å². The Hall–Kier alpha value is 0.710. The molecule has 2 bridgehead atoms. The van der Waals surface area contributed by atoms with E-state index in [2.05, 4.69) is 67.8 Å². The minimum atomic E-state index is -3.93. The molecule has 4 rings (SSSR count). The molecule has 1 saturated heterocycles. The third-order valence-corrected chi connectivity index (χ3v) is 10.9. The van der Waals surface area contributed by atoms with Crippen LogP contribution in [0.2, 0.25) is 0 Å². The monoisotopic (exact) mass is 718 g/mol. The highest BCUT2D eigenvalue weighted by molar-refractivity contribution is 14.1. The van der Waals surface area contributed by atoms with Gasteiger partial charge in [-0.1, -0.05) is 0 Å². The minimum Gasteiger partial charge on any atom is -0.481 e. The molecule has 3 aliphatic rings. The molecule has 2 aliphatic carbocycles. The number of halogens is 3. The third-order valence-electron chi connectivity index (χ3n) is 5.39. The molecule has 1 heterocycles. The largest absolute Gasteiger partial charge is 0.481 e. The van der Waals surface area contributed by atoms with Gasteiger partial charge in [-0.25, -0.2) is 0 Å². The maximum atomic E-state index is 12.2. The zero-order valence-electron chi connectivity index (χ0n) is 12.9. The van der Waals surface area contributed by atoms with Crippen LogP contribution >= 0.6 is 67.8 Å². The summed E-state index contributed by atoms with van der Waals surface area (Å²) in [7, 11) is -3.93. The highest BCUT2D eigenvalue weighted by Crippen LogP contribution is 2.59. The highest BCUT2D eigenvalue weighted by Gasteiger charge is 2.71. The summed E-state index contributed by atoms with van der Waals surface area (Å²) in [4.78, 5) is 11.7. The van der Waals surface area contributed by atoms with Crippen molar-refractivity contribution in [1.82, 2.24) is 0 Å². The number of carbonyl (C=O) groups is 1. The normalized spacial score (nSPS) is 37.8. The van der Waals surface area contributed by atoms with Gasteiger partial charge in [0.1, 0.15) is 11.4 Å². The molecule has 2 N–H and O–H groups in total. The first-order chi connectivity index (χ1) is 12.1. The van der Waals surface area contributed by atoms with Crippen LogP contribution < -0.4 is 0 Å². The molecule has 0 amide bonds. The van der Waals surface area contributed by atoms with Crippen molar-refractivity contribution in [2.45, 2.75) is 30.2 Å². The zero-order valence-corrected chi connectivity index (χ0v) is 20.2. The molecule has 1 aromatic carbocycles. The summed E-state index contributed by atoms with van der Waals surface area (Å²) >= 11 is 6.43. The first-order valence-corrected chi connectivity index (χ1v) is 12.5. The molecule has 0 radical (unpaired) electrons. The fraction of sp³-hybridized carbons (Fsp3) is 0.533. The van der Waals surface area contributed by atoms with Crippen LogP contribution in [0.1, 0.15) is 18.3 Å². The van der Waals surface area contributed by atoms with Crippen LogP contribution in [0.5, 0.6) is 0 Å². The van der Waals surface area contributed by atoms with Crippen LogP contribution in [-0.2, 0) is 23.8 Å². The van der Waals surface area contributed by atoms with E-state index in [1.54, 1.807) is 6.07 Å². The number of carboxylic acids is 1. The smallest absolute Gasteiger partial charge is 0.308 e. The lowest BCUT2D eigenvalue weighted by molar-refractivity contribution is -0.182. The van der Waals surface area contributed by atoms with E-state index >= 15 is 0 Å². The number of aliphatic carboxylic acids is 1. The first-order valence-electron chi connectivity index (χ1n) is 7.74. The van der Waals surface area contributed by atoms with Crippen molar-refractivity contribution < 1.29 is 32.3 Å². The predicted octanol–water partition coefficient (Wildman–Crippen LogP) is 2.32. The summed E-state index contributed by atoms with van der Waals surface area (Å²) in [5.41, 5.74) is 0.578. The van der Waals surface area contributed by atoms with E-state index in [9.17, 15) is 23.4 Å². The van der Waals surface area contributed by atoms with Gasteiger partial charge in [-0.05, 0) is 86.3 Å². The highest BCUT2D eigenvalue weighted by atomic mass is 127. The molecule has 7 nitrogen and oxygen atoms in total. The molecule has 2 saturated carbocycles. The fourth-order valence-electron chi connectivity index (χ4n) is 4.47. The number of hydrogen-bond acceptors (Lipinski definition) is 6. The summed E-state index contributed by atoms with van der Waals surface area (Å²) < 4.78 is 38.2. The topological polar surface area (TPSA) is 110 Å². The molecule has 0 aromatic heterocycles. The summed E-state index contributed by atoms with van der Waals surface area (Å²) in [5.74, 6) is -3.09. The zero-order chi connectivity index (χ0) is 19.0. The number of ether oxygens (including phenoxy) is 1. The summed E-state index contributed by atoms with van der Waals surface area (Å²) in [6.07, 6.45) is -2.35. The lowest BCUT2D eigenvalue weighted by Gasteiger charge is -2.31. The number of carboxylic acid groups (broad SMARTS) is 1. The molecule has 7 unspecified atom stereocenters. The molecule has 7 atom stereocenters. The van der Waals surface area contributed by atoms with Crippen molar-refractivity contribution in [3.8, 4) is 0 Å². The number of aliphatic hydroxyl groups excluding tert-OH is 1. The maximum absolute atomic E-state index is 12.2. The molecule has 11 heteroatoms. The second-order valence-corrected chi connectivity index (χ2v) is 11.9. The Kier molecular flexibility index (Phi) is 5.31. The van der Waals surface area contributed by atoms with Crippen molar-refractivity contribution in [2.75, 3.05) is 0 Å². The number of fused-ring (bicyclic) bond motifs is 1. The van der Waals surface area contributed by atoms with Gasteiger partial charge in [-0.15, -0.1) is 0 Å². The maximum Gasteiger partial charge on any atom is 0.308 e. The van der Waals surface area contributed by atoms with Crippen LogP contribution in [0.15, 0.2) is 12.1 Å². The third kappa shape index (κ3) is 3.03. The van der Waals surface area contributed by atoms with Crippen molar-refractivity contribution in [2.24, 2.45) is 17.8 Å². The Bertz CT molecular complexity index is 889. The molecular formula is C15H13I3O7S. The van der Waals surface area contributed by atoms with Crippen LogP contribution in [0.4, 0.5) is 0 Å². The van der Waals surface area contributed by atoms with E-state index in [-0.39, 0.29) is 0 Å². The molecule has 26 heavy (non-hydrogen) atoms. The van der Waals surface area contributed by atoms with Gasteiger partial charge in [-0.2, -0.15) is 8.42 Å². The number of benzene rings is 1. The minimum absolute atomic E-state index is 0.390. The SMILES string of the molecule is O=C(O)C1C2CC3C(OS(=O)(=O)C31)C2OC(O)c1cc(I)cc(I)c1I. The Balaban J connectivity index is 1.65. The fourth-order valence-corrected chi connectivity index (χ4v) is 9.00. The summed E-state index contributed by atoms with van der Waals surface area (Å²) in [6, 6.07) is 3.76. The van der Waals surface area contributed by atoms with Gasteiger partial charge in [-0.3, -0.25) is 8.98 Å². The van der Waals surface area contributed by atoms with E-state index in [0.717, 1.165) is 10.7 Å². The summed E-state index contributed by atoms with van der Waals surface area (Å²) in [5, 5.41) is 19.2. The van der Waals surface area contributed by atoms with Crippen LogP contribution in [-0.4, -0.2) is 42.1 Å². The Labute approximate surface area is 190 Å². The van der Waals surface area contributed by atoms with Crippen molar-refractivity contribution >= 4 is 83.9 Å². The predicted molar refractivity (Wildman–Crippen MR) is 115 cm³/mol. The molecule has 1 aromatic rings. The van der Waals surface area contributed by atoms with E-state index in [1.165, 1.54) is 0 Å². The average Bonchev–Trinajstić information content (AvgIpc) is 3.13. The van der Waals surface area contributed by atoms with Crippen LogP contribution in [0.25, 0.3) is 0 Å². The van der Waals surface area contributed by atoms with Crippen LogP contribution in [0.3, 0.4) is 0 Å². The van der Waals surface area contributed by atoms with E-state index < -0.39 is 57.6 Å². The quantitative estimate of drug-likeness (QED) is 0.213. The van der Waals surface area contributed by atoms with Gasteiger partial charge in [0.15, 0.2) is 6.29 Å². The van der Waals surface area contributed by atoms with Crippen molar-refractivity contribution in [1.29, 1.82) is 0 Å². The van der Waals surface area contributed by atoms with Crippen molar-refractivity contribution in [3.05, 3.63) is 28.4 Å². The Morgan fingerprint density at radius 1 is 1.27 bits per heavy atom. The number of aliphatic hydroxyl groups is 1. The van der Waals surface area contributed by atoms with Crippen LogP contribution in [0, 0.1) is 28.5 Å². The van der Waals surface area contributed by atoms with Gasteiger partial charge in [0.25, 0.3) is 10.1 Å². The Morgan fingerprint density at radius 2 is 1.96 bits per heavy atom. The second kappa shape index (κ2) is 6.90. The van der Waals surface area contributed by atoms with E-state index in [4.69, 9.17) is 8.92 Å². The molecule has 3 fully saturated rings. The molecular weight excluding hydrogens is 705 g/mol. The number of rotatable bonds is 4. The van der Waals surface area contributed by atoms with Gasteiger partial charge in [0.2, 0.25) is 0 Å². The van der Waals surface area contributed by atoms with Gasteiger partial charge in [0.05, 0.1) is 12.0 Å². The van der Waals surface area contributed by atoms with Gasteiger partial charge in [0, 0.05) is 28.1 Å². The lowest BCUT2D eigenvalue weighted by atomic mass is 9.84. The van der Waals surface area contributed by atoms with E-state index in [0.29, 0.717) is 12.0 Å². The first kappa shape index (κ1) is 20.0. The van der Waals surface area contributed by atoms with Crippen molar-refractivity contribution in [3.63, 3.8) is 0 Å². The molecule has 142 valence electrons. The van der Waals surface area contributed by atoms with Gasteiger partial charge < -0.3 is 14.9 Å². The standard InChI is InChI=1S/C15H13I3O7S/c16-4-1-6(10(18)8(17)2-4)15(21)24-11-5-3-7-12(11)25-26(22,23)13(7)9(5)14(19)20/h1-2,5,7,9,11-13,15,21H,3H2,(H,19,20). The number of hydrogen-bond donors (Lipinski definition) is 2. The molecule has 1 aliphatic heterocycles. The lowest BCUT2D eigenvalue weighted by Crippen LogP contribution is -2.45. The average molecular weight is 718 g/mol. The summed E-state index contributed by atoms with van der Waals surface area (Å²) in [6.45, 7) is 0. The Morgan fingerprint density at radius 3 is 2.62 bits per heavy atom.